The fourth-order valence-electron chi connectivity index (χ4n) is 3.63. The molecule has 1 fully saturated rings. The SMILES string of the molecule is CC(C)c1nccn1[C@H](C)C(=O)N1CCC[C@@H](COc2ccc(F)cc2)C1. The molecule has 0 bridgehead atoms. The van der Waals surface area contributed by atoms with E-state index < -0.39 is 0 Å². The smallest absolute Gasteiger partial charge is 0.245 e. The molecule has 2 heterocycles. The zero-order valence-electron chi connectivity index (χ0n) is 16.3. The number of piperidine rings is 1. The predicted molar refractivity (Wildman–Crippen MR) is 102 cm³/mol. The van der Waals surface area contributed by atoms with Crippen LogP contribution in [-0.2, 0) is 4.79 Å². The molecule has 1 aliphatic rings. The number of carbonyl (C=O) groups is 1. The lowest BCUT2D eigenvalue weighted by atomic mass is 9.98. The number of nitrogens with zero attached hydrogens (tertiary/aromatic N) is 3. The van der Waals surface area contributed by atoms with Crippen LogP contribution in [0.1, 0.15) is 51.4 Å². The highest BCUT2D eigenvalue weighted by Crippen LogP contribution is 2.23. The highest BCUT2D eigenvalue weighted by atomic mass is 19.1. The van der Waals surface area contributed by atoms with Crippen LogP contribution in [0.5, 0.6) is 5.75 Å². The number of hydrogen-bond donors (Lipinski definition) is 0. The maximum atomic E-state index is 13.0. The van der Waals surface area contributed by atoms with Gasteiger partial charge in [-0.15, -0.1) is 0 Å². The van der Waals surface area contributed by atoms with Crippen molar-refractivity contribution >= 4 is 5.91 Å². The summed E-state index contributed by atoms with van der Waals surface area (Å²) in [6, 6.07) is 5.79. The number of ether oxygens (including phenoxy) is 1. The van der Waals surface area contributed by atoms with Gasteiger partial charge in [0, 0.05) is 37.3 Å². The maximum Gasteiger partial charge on any atom is 0.245 e. The molecule has 1 aliphatic heterocycles. The summed E-state index contributed by atoms with van der Waals surface area (Å²) >= 11 is 0. The first-order valence-electron chi connectivity index (χ1n) is 9.65. The highest BCUT2D eigenvalue weighted by Gasteiger charge is 2.29. The topological polar surface area (TPSA) is 47.4 Å². The lowest BCUT2D eigenvalue weighted by molar-refractivity contribution is -0.136. The second-order valence-corrected chi connectivity index (χ2v) is 7.58. The van der Waals surface area contributed by atoms with Crippen LogP contribution in [-0.4, -0.2) is 40.1 Å². The standard InChI is InChI=1S/C21H28FN3O2/c1-15(2)20-23-10-12-25(20)16(3)21(26)24-11-4-5-17(13-24)14-27-19-8-6-18(22)7-9-19/h6-10,12,15-17H,4-5,11,13-14H2,1-3H3/t16-,17-/m1/s1. The molecule has 1 amide bonds. The first kappa shape index (κ1) is 19.4. The van der Waals surface area contributed by atoms with E-state index in [-0.39, 0.29) is 29.6 Å². The lowest BCUT2D eigenvalue weighted by Crippen LogP contribution is -2.44. The minimum Gasteiger partial charge on any atom is -0.493 e. The minimum atomic E-state index is -0.272. The van der Waals surface area contributed by atoms with Crippen molar-refractivity contribution in [3.05, 3.63) is 48.3 Å². The molecule has 2 atom stereocenters. The Kier molecular flexibility index (Phi) is 6.14. The summed E-state index contributed by atoms with van der Waals surface area (Å²) in [5.41, 5.74) is 0. The van der Waals surface area contributed by atoms with Crippen molar-refractivity contribution in [2.75, 3.05) is 19.7 Å². The summed E-state index contributed by atoms with van der Waals surface area (Å²) in [4.78, 5) is 19.4. The maximum absolute atomic E-state index is 13.0. The lowest BCUT2D eigenvalue weighted by Gasteiger charge is -2.34. The fraction of sp³-hybridized carbons (Fsp3) is 0.524. The number of benzene rings is 1. The number of carbonyl (C=O) groups excluding carboxylic acids is 1. The van der Waals surface area contributed by atoms with Crippen molar-refractivity contribution in [1.82, 2.24) is 14.5 Å². The predicted octanol–water partition coefficient (Wildman–Crippen LogP) is 4.02. The van der Waals surface area contributed by atoms with Crippen LogP contribution in [0.4, 0.5) is 4.39 Å². The number of aromatic nitrogens is 2. The molecule has 0 aliphatic carbocycles. The van der Waals surface area contributed by atoms with Crippen LogP contribution >= 0.6 is 0 Å². The van der Waals surface area contributed by atoms with Gasteiger partial charge in [0.15, 0.2) is 0 Å². The van der Waals surface area contributed by atoms with E-state index in [9.17, 15) is 9.18 Å². The van der Waals surface area contributed by atoms with E-state index in [0.29, 0.717) is 18.9 Å². The van der Waals surface area contributed by atoms with Gasteiger partial charge in [-0.05, 0) is 44.0 Å². The third-order valence-electron chi connectivity index (χ3n) is 5.12. The Morgan fingerprint density at radius 2 is 2.04 bits per heavy atom. The largest absolute Gasteiger partial charge is 0.493 e. The molecule has 0 unspecified atom stereocenters. The zero-order chi connectivity index (χ0) is 19.4. The van der Waals surface area contributed by atoms with Gasteiger partial charge in [0.05, 0.1) is 6.61 Å². The molecule has 146 valence electrons. The van der Waals surface area contributed by atoms with Gasteiger partial charge in [0.2, 0.25) is 5.91 Å². The molecule has 0 saturated carbocycles. The van der Waals surface area contributed by atoms with Gasteiger partial charge in [-0.1, -0.05) is 13.8 Å². The molecule has 1 saturated heterocycles. The Labute approximate surface area is 160 Å². The van der Waals surface area contributed by atoms with Gasteiger partial charge in [-0.3, -0.25) is 4.79 Å². The Morgan fingerprint density at radius 1 is 1.30 bits per heavy atom. The van der Waals surface area contributed by atoms with E-state index in [1.165, 1.54) is 12.1 Å². The summed E-state index contributed by atoms with van der Waals surface area (Å²) in [6.45, 7) is 8.11. The zero-order valence-corrected chi connectivity index (χ0v) is 16.3. The summed E-state index contributed by atoms with van der Waals surface area (Å²) in [6.07, 6.45) is 5.64. The van der Waals surface area contributed by atoms with Crippen molar-refractivity contribution in [1.29, 1.82) is 0 Å². The van der Waals surface area contributed by atoms with E-state index in [0.717, 1.165) is 25.2 Å². The van der Waals surface area contributed by atoms with Gasteiger partial charge in [0.25, 0.3) is 0 Å². The third kappa shape index (κ3) is 4.67. The molecule has 5 nitrogen and oxygen atoms in total. The first-order chi connectivity index (χ1) is 13.0. The average Bonchev–Trinajstić information content (AvgIpc) is 3.17. The van der Waals surface area contributed by atoms with Crippen molar-refractivity contribution in [3.8, 4) is 5.75 Å². The molecule has 1 aromatic heterocycles. The first-order valence-corrected chi connectivity index (χ1v) is 9.65. The number of imidazole rings is 1. The second-order valence-electron chi connectivity index (χ2n) is 7.58. The van der Waals surface area contributed by atoms with E-state index >= 15 is 0 Å². The Morgan fingerprint density at radius 3 is 2.74 bits per heavy atom. The summed E-state index contributed by atoms with van der Waals surface area (Å²) < 4.78 is 20.8. The van der Waals surface area contributed by atoms with Crippen molar-refractivity contribution in [3.63, 3.8) is 0 Å². The van der Waals surface area contributed by atoms with E-state index in [4.69, 9.17) is 4.74 Å². The minimum absolute atomic E-state index is 0.126. The molecule has 3 rings (SSSR count). The second kappa shape index (κ2) is 8.55. The molecule has 6 heteroatoms. The van der Waals surface area contributed by atoms with Gasteiger partial charge >= 0.3 is 0 Å². The summed E-state index contributed by atoms with van der Waals surface area (Å²) in [5.74, 6) is 2.01. The molecule has 0 N–H and O–H groups in total. The van der Waals surface area contributed by atoms with Gasteiger partial charge in [-0.2, -0.15) is 0 Å². The molecule has 1 aromatic carbocycles. The Hall–Kier alpha value is -2.37. The number of amides is 1. The number of likely N-dealkylation sites (tertiary alicyclic amines) is 1. The summed E-state index contributed by atoms with van der Waals surface area (Å²) in [7, 11) is 0. The number of halogens is 1. The van der Waals surface area contributed by atoms with E-state index in [1.54, 1.807) is 18.3 Å². The van der Waals surface area contributed by atoms with Gasteiger partial charge in [0.1, 0.15) is 23.4 Å². The molecular formula is C21H28FN3O2. The van der Waals surface area contributed by atoms with E-state index in [1.807, 2.05) is 22.6 Å². The van der Waals surface area contributed by atoms with Gasteiger partial charge in [-0.25, -0.2) is 9.37 Å². The third-order valence-corrected chi connectivity index (χ3v) is 5.12. The van der Waals surface area contributed by atoms with Crippen LogP contribution in [0.25, 0.3) is 0 Å². The molecule has 0 spiro atoms. The van der Waals surface area contributed by atoms with E-state index in [2.05, 4.69) is 18.8 Å². The van der Waals surface area contributed by atoms with Crippen molar-refractivity contribution in [2.24, 2.45) is 5.92 Å². The van der Waals surface area contributed by atoms with Gasteiger partial charge < -0.3 is 14.2 Å². The van der Waals surface area contributed by atoms with Crippen LogP contribution in [0.3, 0.4) is 0 Å². The van der Waals surface area contributed by atoms with Crippen LogP contribution < -0.4 is 4.74 Å². The molecule has 27 heavy (non-hydrogen) atoms. The monoisotopic (exact) mass is 373 g/mol. The summed E-state index contributed by atoms with van der Waals surface area (Å²) in [5, 5.41) is 0. The fourth-order valence-corrected chi connectivity index (χ4v) is 3.63. The molecule has 2 aromatic rings. The molecular weight excluding hydrogens is 345 g/mol. The normalized spacial score (nSPS) is 18.6. The average molecular weight is 373 g/mol. The van der Waals surface area contributed by atoms with Crippen LogP contribution in [0, 0.1) is 11.7 Å². The van der Waals surface area contributed by atoms with Crippen molar-refractivity contribution < 1.29 is 13.9 Å². The Balaban J connectivity index is 1.58. The molecule has 0 radical (unpaired) electrons. The van der Waals surface area contributed by atoms with Crippen molar-refractivity contribution in [2.45, 2.75) is 45.6 Å². The Bertz CT molecular complexity index is 757. The number of hydrogen-bond acceptors (Lipinski definition) is 3. The number of rotatable bonds is 6. The quantitative estimate of drug-likeness (QED) is 0.768. The van der Waals surface area contributed by atoms with Crippen LogP contribution in [0.2, 0.25) is 0 Å². The highest BCUT2D eigenvalue weighted by molar-refractivity contribution is 5.80. The van der Waals surface area contributed by atoms with Crippen LogP contribution in [0.15, 0.2) is 36.7 Å².